The van der Waals surface area contributed by atoms with Crippen molar-refractivity contribution in [3.05, 3.63) is 47.5 Å². The zero-order valence-corrected chi connectivity index (χ0v) is 11.2. The number of benzene rings is 1. The van der Waals surface area contributed by atoms with Gasteiger partial charge in [0.15, 0.2) is 0 Å². The van der Waals surface area contributed by atoms with Crippen molar-refractivity contribution >= 4 is 5.97 Å². The molecule has 1 spiro atoms. The van der Waals surface area contributed by atoms with E-state index in [-0.39, 0.29) is 5.97 Å². The summed E-state index contributed by atoms with van der Waals surface area (Å²) in [5.74, 6) is -0.118. The Hall–Kier alpha value is -1.57. The quantitative estimate of drug-likeness (QED) is 0.764. The molecule has 1 aromatic rings. The summed E-state index contributed by atoms with van der Waals surface area (Å²) in [7, 11) is 0. The lowest BCUT2D eigenvalue weighted by molar-refractivity contribution is -0.140. The van der Waals surface area contributed by atoms with E-state index in [9.17, 15) is 4.79 Å². The highest BCUT2D eigenvalue weighted by atomic mass is 16.5. The molecule has 0 N–H and O–H groups in total. The van der Waals surface area contributed by atoms with Crippen LogP contribution in [0.4, 0.5) is 0 Å². The van der Waals surface area contributed by atoms with Crippen LogP contribution in [0, 0.1) is 5.41 Å². The third kappa shape index (κ3) is 2.73. The van der Waals surface area contributed by atoms with Gasteiger partial charge in [-0.2, -0.15) is 0 Å². The number of carbonyl (C=O) groups excluding carboxylic acids is 1. The largest absolute Gasteiger partial charge is 0.457 e. The molecular weight excluding hydrogens is 236 g/mol. The van der Waals surface area contributed by atoms with Gasteiger partial charge in [0, 0.05) is 5.57 Å². The van der Waals surface area contributed by atoms with Gasteiger partial charge in [0.25, 0.3) is 0 Å². The minimum atomic E-state index is -0.118. The van der Waals surface area contributed by atoms with Crippen LogP contribution in [0.5, 0.6) is 0 Å². The first-order valence-electron chi connectivity index (χ1n) is 7.18. The number of allylic oxidation sites excluding steroid dienone is 1. The molecule has 3 rings (SSSR count). The number of rotatable bonds is 3. The second-order valence-electron chi connectivity index (χ2n) is 5.88. The maximum Gasteiger partial charge on any atom is 0.334 e. The van der Waals surface area contributed by atoms with Gasteiger partial charge in [-0.15, -0.1) is 0 Å². The third-order valence-electron chi connectivity index (χ3n) is 4.49. The Kier molecular flexibility index (Phi) is 3.41. The summed E-state index contributed by atoms with van der Waals surface area (Å²) >= 11 is 0. The van der Waals surface area contributed by atoms with E-state index in [2.05, 4.69) is 6.08 Å². The molecule has 2 heteroatoms. The van der Waals surface area contributed by atoms with Crippen molar-refractivity contribution in [1.29, 1.82) is 0 Å². The van der Waals surface area contributed by atoms with E-state index < -0.39 is 0 Å². The van der Waals surface area contributed by atoms with Crippen LogP contribution in [-0.2, 0) is 16.1 Å². The van der Waals surface area contributed by atoms with Crippen molar-refractivity contribution in [2.24, 2.45) is 5.41 Å². The molecule has 0 aliphatic heterocycles. The first-order chi connectivity index (χ1) is 9.27. The Bertz CT molecular complexity index is 481. The lowest BCUT2D eigenvalue weighted by atomic mass is 9.83. The highest BCUT2D eigenvalue weighted by Crippen LogP contribution is 2.50. The molecule has 0 saturated heterocycles. The smallest absolute Gasteiger partial charge is 0.334 e. The van der Waals surface area contributed by atoms with E-state index in [1.807, 2.05) is 30.3 Å². The summed E-state index contributed by atoms with van der Waals surface area (Å²) in [5.41, 5.74) is 2.35. The molecule has 100 valence electrons. The normalized spacial score (nSPS) is 20.5. The summed E-state index contributed by atoms with van der Waals surface area (Å²) < 4.78 is 5.41. The van der Waals surface area contributed by atoms with Crippen molar-refractivity contribution in [1.82, 2.24) is 0 Å². The number of hydrogen-bond acceptors (Lipinski definition) is 2. The van der Waals surface area contributed by atoms with Crippen LogP contribution in [0.3, 0.4) is 0 Å². The average molecular weight is 256 g/mol. The number of hydrogen-bond donors (Lipinski definition) is 0. The van der Waals surface area contributed by atoms with E-state index in [1.165, 1.54) is 25.7 Å². The predicted molar refractivity (Wildman–Crippen MR) is 74.5 cm³/mol. The van der Waals surface area contributed by atoms with Crippen LogP contribution >= 0.6 is 0 Å². The molecule has 0 bridgehead atoms. The van der Waals surface area contributed by atoms with E-state index >= 15 is 0 Å². The number of carbonyl (C=O) groups is 1. The Morgan fingerprint density at radius 3 is 2.63 bits per heavy atom. The van der Waals surface area contributed by atoms with Gasteiger partial charge in [0.05, 0.1) is 0 Å². The highest BCUT2D eigenvalue weighted by molar-refractivity contribution is 5.89. The Morgan fingerprint density at radius 2 is 1.89 bits per heavy atom. The summed E-state index contributed by atoms with van der Waals surface area (Å²) in [4.78, 5) is 12.1. The van der Waals surface area contributed by atoms with Gasteiger partial charge in [-0.3, -0.25) is 0 Å². The zero-order valence-electron chi connectivity index (χ0n) is 11.2. The van der Waals surface area contributed by atoms with E-state index in [0.717, 1.165) is 24.0 Å². The summed E-state index contributed by atoms with van der Waals surface area (Å²) in [6.07, 6.45) is 9.31. The monoisotopic (exact) mass is 256 g/mol. The fourth-order valence-electron chi connectivity index (χ4n) is 3.37. The molecule has 2 nitrogen and oxygen atoms in total. The van der Waals surface area contributed by atoms with E-state index in [1.54, 1.807) is 0 Å². The summed E-state index contributed by atoms with van der Waals surface area (Å²) in [6, 6.07) is 9.86. The van der Waals surface area contributed by atoms with Crippen molar-refractivity contribution in [3.8, 4) is 0 Å². The molecular formula is C17H20O2. The highest BCUT2D eigenvalue weighted by Gasteiger charge is 2.39. The Morgan fingerprint density at radius 1 is 1.16 bits per heavy atom. The van der Waals surface area contributed by atoms with Gasteiger partial charge < -0.3 is 4.74 Å². The number of ether oxygens (including phenoxy) is 1. The second kappa shape index (κ2) is 5.20. The molecule has 0 aromatic heterocycles. The molecule has 2 aliphatic rings. The van der Waals surface area contributed by atoms with E-state index in [4.69, 9.17) is 4.74 Å². The van der Waals surface area contributed by atoms with Crippen molar-refractivity contribution in [2.75, 3.05) is 0 Å². The van der Waals surface area contributed by atoms with Crippen LogP contribution in [0.1, 0.15) is 44.1 Å². The zero-order chi connectivity index (χ0) is 13.1. The van der Waals surface area contributed by atoms with Crippen molar-refractivity contribution in [3.63, 3.8) is 0 Å². The fourth-order valence-corrected chi connectivity index (χ4v) is 3.37. The maximum absolute atomic E-state index is 12.1. The topological polar surface area (TPSA) is 26.3 Å². The molecule has 0 amide bonds. The standard InChI is InChI=1S/C17H20O2/c18-16(19-13-14-6-2-1-3-7-14)15-8-11-17(12-15)9-4-5-10-17/h1-3,6-8H,4-5,9-13H2. The summed E-state index contributed by atoms with van der Waals surface area (Å²) in [6.45, 7) is 0.379. The molecule has 2 aliphatic carbocycles. The molecule has 0 heterocycles. The van der Waals surface area contributed by atoms with Gasteiger partial charge in [-0.1, -0.05) is 49.2 Å². The average Bonchev–Trinajstić information content (AvgIpc) is 3.08. The van der Waals surface area contributed by atoms with Crippen LogP contribution in [0.25, 0.3) is 0 Å². The van der Waals surface area contributed by atoms with Gasteiger partial charge in [-0.05, 0) is 36.7 Å². The molecule has 0 unspecified atom stereocenters. The van der Waals surface area contributed by atoms with Crippen LogP contribution in [0.2, 0.25) is 0 Å². The van der Waals surface area contributed by atoms with Gasteiger partial charge >= 0.3 is 5.97 Å². The molecule has 1 saturated carbocycles. The minimum absolute atomic E-state index is 0.118. The SMILES string of the molecule is O=C(OCc1ccccc1)C1=CCC2(CCCC2)C1. The minimum Gasteiger partial charge on any atom is -0.457 e. The van der Waals surface area contributed by atoms with Crippen LogP contribution in [0.15, 0.2) is 42.0 Å². The second-order valence-corrected chi connectivity index (χ2v) is 5.88. The first kappa shape index (κ1) is 12.5. The molecule has 0 radical (unpaired) electrons. The summed E-state index contributed by atoms with van der Waals surface area (Å²) in [5, 5.41) is 0. The van der Waals surface area contributed by atoms with Gasteiger partial charge in [0.2, 0.25) is 0 Å². The fraction of sp³-hybridized carbons (Fsp3) is 0.471. The van der Waals surface area contributed by atoms with Crippen LogP contribution < -0.4 is 0 Å². The van der Waals surface area contributed by atoms with Crippen LogP contribution in [-0.4, -0.2) is 5.97 Å². The Labute approximate surface area is 114 Å². The van der Waals surface area contributed by atoms with Crippen molar-refractivity contribution < 1.29 is 9.53 Å². The lowest BCUT2D eigenvalue weighted by Gasteiger charge is -2.22. The predicted octanol–water partition coefficient (Wildman–Crippen LogP) is 4.01. The van der Waals surface area contributed by atoms with Gasteiger partial charge in [0.1, 0.15) is 6.61 Å². The molecule has 0 atom stereocenters. The molecule has 1 fully saturated rings. The van der Waals surface area contributed by atoms with Crippen molar-refractivity contribution in [2.45, 2.75) is 45.1 Å². The first-order valence-corrected chi connectivity index (χ1v) is 7.18. The Balaban J connectivity index is 1.54. The maximum atomic E-state index is 12.1. The number of esters is 1. The van der Waals surface area contributed by atoms with Gasteiger partial charge in [-0.25, -0.2) is 4.79 Å². The third-order valence-corrected chi connectivity index (χ3v) is 4.49. The van der Waals surface area contributed by atoms with E-state index in [0.29, 0.717) is 12.0 Å². The lowest BCUT2D eigenvalue weighted by Crippen LogP contribution is -2.14. The molecule has 1 aromatic carbocycles. The molecule has 19 heavy (non-hydrogen) atoms.